The zero-order valence-corrected chi connectivity index (χ0v) is 41.1. The van der Waals surface area contributed by atoms with Crippen LogP contribution in [0.4, 0.5) is 0 Å². The first-order valence-corrected chi connectivity index (χ1v) is 25.7. The number of aliphatic hydroxyl groups is 5. The third-order valence-electron chi connectivity index (χ3n) is 11.3. The van der Waals surface area contributed by atoms with Crippen LogP contribution in [0.1, 0.15) is 174 Å². The van der Waals surface area contributed by atoms with Gasteiger partial charge in [-0.15, -0.1) is 0 Å². The van der Waals surface area contributed by atoms with Crippen molar-refractivity contribution in [2.75, 3.05) is 13.2 Å². The second-order valence-electron chi connectivity index (χ2n) is 17.2. The van der Waals surface area contributed by atoms with Crippen LogP contribution < -0.4 is 5.32 Å². The predicted molar refractivity (Wildman–Crippen MR) is 276 cm³/mol. The monoisotopic (exact) mass is 920 g/mol. The first-order valence-electron chi connectivity index (χ1n) is 25.7. The first-order chi connectivity index (χ1) is 32.3. The SMILES string of the molecule is CC/C=C\C/C=C\C/C=C\C/C=C\C/C=C\C/C=C\C/C=C\C/C=C\C/C=C\C/C=C\CCCCCCC(=O)NC(COC1OC(CO)C(O)C(O)C1O)C(O)CCCCCCCCCC. The Balaban J connectivity index is 2.19. The highest BCUT2D eigenvalue weighted by atomic mass is 16.7. The lowest BCUT2D eigenvalue weighted by Crippen LogP contribution is -2.60. The van der Waals surface area contributed by atoms with Crippen LogP contribution in [0.15, 0.2) is 122 Å². The molecule has 1 aliphatic rings. The molecule has 0 radical (unpaired) electrons. The summed E-state index contributed by atoms with van der Waals surface area (Å²) in [5.41, 5.74) is 0. The third-order valence-corrected chi connectivity index (χ3v) is 11.3. The molecule has 7 atom stereocenters. The van der Waals surface area contributed by atoms with Crippen molar-refractivity contribution in [2.24, 2.45) is 0 Å². The van der Waals surface area contributed by atoms with Gasteiger partial charge in [-0.05, 0) is 89.9 Å². The topological polar surface area (TPSA) is 149 Å². The maximum Gasteiger partial charge on any atom is 0.220 e. The molecule has 0 aromatic rings. The molecule has 0 bridgehead atoms. The van der Waals surface area contributed by atoms with E-state index < -0.39 is 49.5 Å². The maximum atomic E-state index is 12.9. The van der Waals surface area contributed by atoms with Gasteiger partial charge in [-0.25, -0.2) is 0 Å². The Morgan fingerprint density at radius 1 is 0.530 bits per heavy atom. The van der Waals surface area contributed by atoms with Crippen LogP contribution in [0, 0.1) is 0 Å². The van der Waals surface area contributed by atoms with Crippen molar-refractivity contribution in [2.45, 2.75) is 217 Å². The number of hydrogen-bond acceptors (Lipinski definition) is 8. The summed E-state index contributed by atoms with van der Waals surface area (Å²) >= 11 is 0. The quantitative estimate of drug-likeness (QED) is 0.0262. The molecule has 1 fully saturated rings. The van der Waals surface area contributed by atoms with E-state index in [4.69, 9.17) is 9.47 Å². The molecule has 6 N–H and O–H groups in total. The number of aliphatic hydroxyl groups excluding tert-OH is 5. The number of carbonyl (C=O) groups is 1. The van der Waals surface area contributed by atoms with Gasteiger partial charge in [-0.2, -0.15) is 0 Å². The summed E-state index contributed by atoms with van der Waals surface area (Å²) in [6, 6.07) is -0.739. The molecule has 7 unspecified atom stereocenters. The van der Waals surface area contributed by atoms with Crippen molar-refractivity contribution in [1.29, 1.82) is 0 Å². The molecule has 9 nitrogen and oxygen atoms in total. The summed E-state index contributed by atoms with van der Waals surface area (Å²) in [4.78, 5) is 12.9. The van der Waals surface area contributed by atoms with E-state index in [1.807, 2.05) is 0 Å². The van der Waals surface area contributed by atoms with Gasteiger partial charge in [0.2, 0.25) is 5.91 Å². The fourth-order valence-electron chi connectivity index (χ4n) is 7.25. The number of ether oxygens (including phenoxy) is 2. The highest BCUT2D eigenvalue weighted by Gasteiger charge is 2.44. The van der Waals surface area contributed by atoms with E-state index in [9.17, 15) is 30.3 Å². The van der Waals surface area contributed by atoms with Crippen LogP contribution in [0.5, 0.6) is 0 Å². The first kappa shape index (κ1) is 60.6. The fraction of sp³-hybridized carbons (Fsp3) is 0.632. The Morgan fingerprint density at radius 2 is 0.939 bits per heavy atom. The van der Waals surface area contributed by atoms with Gasteiger partial charge in [-0.3, -0.25) is 4.79 Å². The maximum absolute atomic E-state index is 12.9. The molecule has 0 spiro atoms. The normalized spacial score (nSPS) is 20.9. The van der Waals surface area contributed by atoms with E-state index in [2.05, 4.69) is 141 Å². The minimum absolute atomic E-state index is 0.157. The van der Waals surface area contributed by atoms with Crippen LogP contribution >= 0.6 is 0 Å². The molecule has 9 heteroatoms. The van der Waals surface area contributed by atoms with Crippen molar-refractivity contribution in [1.82, 2.24) is 5.32 Å². The lowest BCUT2D eigenvalue weighted by Gasteiger charge is -2.40. The molecule has 1 rings (SSSR count). The average Bonchev–Trinajstić information content (AvgIpc) is 3.32. The fourth-order valence-corrected chi connectivity index (χ4v) is 7.25. The van der Waals surface area contributed by atoms with Crippen LogP contribution in [0.2, 0.25) is 0 Å². The van der Waals surface area contributed by atoms with E-state index in [-0.39, 0.29) is 12.5 Å². The molecule has 1 saturated heterocycles. The number of nitrogens with one attached hydrogen (secondary N) is 1. The van der Waals surface area contributed by atoms with Crippen molar-refractivity contribution >= 4 is 5.91 Å². The largest absolute Gasteiger partial charge is 0.394 e. The molecule has 0 aromatic carbocycles. The minimum Gasteiger partial charge on any atom is -0.394 e. The van der Waals surface area contributed by atoms with E-state index >= 15 is 0 Å². The second kappa shape index (κ2) is 45.4. The second-order valence-corrected chi connectivity index (χ2v) is 17.2. The lowest BCUT2D eigenvalue weighted by atomic mass is 9.99. The summed E-state index contributed by atoms with van der Waals surface area (Å²) in [7, 11) is 0. The van der Waals surface area contributed by atoms with Gasteiger partial charge in [0.25, 0.3) is 0 Å². The van der Waals surface area contributed by atoms with Crippen molar-refractivity contribution in [3.63, 3.8) is 0 Å². The van der Waals surface area contributed by atoms with Crippen LogP contribution in [-0.4, -0.2) is 87.5 Å². The molecule has 66 heavy (non-hydrogen) atoms. The van der Waals surface area contributed by atoms with Crippen LogP contribution in [0.25, 0.3) is 0 Å². The Bertz CT molecular complexity index is 1440. The summed E-state index contributed by atoms with van der Waals surface area (Å²) in [5.74, 6) is -0.179. The zero-order chi connectivity index (χ0) is 48.0. The highest BCUT2D eigenvalue weighted by molar-refractivity contribution is 5.76. The molecular formula is C57H93NO8. The Morgan fingerprint density at radius 3 is 1.39 bits per heavy atom. The van der Waals surface area contributed by atoms with Crippen molar-refractivity contribution in [3.8, 4) is 0 Å². The Kier molecular flexibility index (Phi) is 41.7. The van der Waals surface area contributed by atoms with E-state index in [1.54, 1.807) is 0 Å². The number of allylic oxidation sites excluding steroid dienone is 20. The van der Waals surface area contributed by atoms with Gasteiger partial charge in [0.15, 0.2) is 6.29 Å². The molecule has 0 saturated carbocycles. The third kappa shape index (κ3) is 34.8. The lowest BCUT2D eigenvalue weighted by molar-refractivity contribution is -0.302. The van der Waals surface area contributed by atoms with E-state index in [1.165, 1.54) is 32.1 Å². The number of hydrogen-bond donors (Lipinski definition) is 6. The summed E-state index contributed by atoms with van der Waals surface area (Å²) in [5, 5.41) is 54.2. The molecule has 1 aliphatic heterocycles. The van der Waals surface area contributed by atoms with Crippen molar-refractivity contribution < 1.29 is 39.8 Å². The molecule has 374 valence electrons. The highest BCUT2D eigenvalue weighted by Crippen LogP contribution is 2.23. The molecule has 0 aromatic heterocycles. The number of unbranched alkanes of at least 4 members (excludes halogenated alkanes) is 11. The molecule has 1 heterocycles. The smallest absolute Gasteiger partial charge is 0.220 e. The van der Waals surface area contributed by atoms with Gasteiger partial charge in [0.05, 0.1) is 25.4 Å². The predicted octanol–water partition coefficient (Wildman–Crippen LogP) is 12.0. The summed E-state index contributed by atoms with van der Waals surface area (Å²) in [6.07, 6.45) is 60.9. The standard InChI is InChI=1S/C57H93NO8/c1-3-5-7-9-11-13-14-15-16-17-18-19-20-21-22-23-24-25-26-27-28-29-30-31-32-33-34-35-36-37-38-39-41-43-45-47-53(61)58-50(51(60)46-44-42-40-12-10-8-6-4-2)49-65-57-56(64)55(63)54(62)52(48-59)66-57/h5,7,11,13,15-16,18-19,21-22,24-25,27-28,30-31,33-34,36-37,50-52,54-57,59-60,62-64H,3-4,6,8-10,12,14,17,20,23,26,29,32,35,38-49H2,1-2H3,(H,58,61)/b7-5-,13-11-,16-15-,19-18-,22-21-,25-24-,28-27-,31-30-,34-33-,37-36-. The number of rotatable bonds is 41. The minimum atomic E-state index is -1.56. The van der Waals surface area contributed by atoms with Gasteiger partial charge in [-0.1, -0.05) is 200 Å². The average molecular weight is 920 g/mol. The number of amides is 1. The van der Waals surface area contributed by atoms with E-state index in [0.717, 1.165) is 116 Å². The molecule has 1 amide bonds. The number of carbonyl (C=O) groups excluding carboxylic acids is 1. The summed E-state index contributed by atoms with van der Waals surface area (Å²) < 4.78 is 11.2. The van der Waals surface area contributed by atoms with Crippen molar-refractivity contribution in [3.05, 3.63) is 122 Å². The van der Waals surface area contributed by atoms with Gasteiger partial charge >= 0.3 is 0 Å². The zero-order valence-electron chi connectivity index (χ0n) is 41.1. The van der Waals surface area contributed by atoms with E-state index in [0.29, 0.717) is 12.8 Å². The van der Waals surface area contributed by atoms with Gasteiger partial charge in [0.1, 0.15) is 24.4 Å². The van der Waals surface area contributed by atoms with Crippen LogP contribution in [-0.2, 0) is 14.3 Å². The Labute approximate surface area is 401 Å². The Hall–Kier alpha value is -3.41. The van der Waals surface area contributed by atoms with Gasteiger partial charge in [0, 0.05) is 6.42 Å². The molecular weight excluding hydrogens is 827 g/mol. The summed E-state index contributed by atoms with van der Waals surface area (Å²) in [6.45, 7) is 3.64. The van der Waals surface area contributed by atoms with Crippen LogP contribution in [0.3, 0.4) is 0 Å². The van der Waals surface area contributed by atoms with Gasteiger partial charge < -0.3 is 40.3 Å². The molecule has 0 aliphatic carbocycles.